The van der Waals surface area contributed by atoms with Crippen molar-refractivity contribution in [2.24, 2.45) is 7.05 Å². The zero-order valence-electron chi connectivity index (χ0n) is 12.9. The lowest BCUT2D eigenvalue weighted by Gasteiger charge is -2.35. The topological polar surface area (TPSA) is 66.3 Å². The van der Waals surface area contributed by atoms with Gasteiger partial charge >= 0.3 is 6.03 Å². The lowest BCUT2D eigenvalue weighted by atomic mass is 10.3. The van der Waals surface area contributed by atoms with Gasteiger partial charge in [-0.05, 0) is 19.1 Å². The standard InChI is InChI=1S/C15H20N6O/c1-12-11-13(18-19(12)2)17-15(22)21-9-7-20(8-10-21)14-5-3-4-6-16-14/h3-6,11H,7-10H2,1-2H3,(H,17,18,22). The maximum Gasteiger partial charge on any atom is 0.323 e. The minimum absolute atomic E-state index is 0.0984. The molecule has 0 saturated carbocycles. The van der Waals surface area contributed by atoms with Crippen molar-refractivity contribution in [2.45, 2.75) is 6.92 Å². The first-order chi connectivity index (χ1) is 10.6. The third-order valence-corrected chi connectivity index (χ3v) is 3.89. The van der Waals surface area contributed by atoms with Crippen LogP contribution in [0.1, 0.15) is 5.69 Å². The number of pyridine rings is 1. The number of aromatic nitrogens is 3. The summed E-state index contributed by atoms with van der Waals surface area (Å²) >= 11 is 0. The van der Waals surface area contributed by atoms with Gasteiger partial charge in [-0.25, -0.2) is 9.78 Å². The number of aryl methyl sites for hydroxylation is 2. The smallest absolute Gasteiger partial charge is 0.323 e. The maximum atomic E-state index is 12.3. The van der Waals surface area contributed by atoms with Crippen LogP contribution in [0.3, 0.4) is 0 Å². The Morgan fingerprint density at radius 1 is 1.23 bits per heavy atom. The van der Waals surface area contributed by atoms with E-state index in [0.29, 0.717) is 18.9 Å². The van der Waals surface area contributed by atoms with E-state index in [2.05, 4.69) is 20.3 Å². The highest BCUT2D eigenvalue weighted by molar-refractivity contribution is 5.88. The molecule has 3 rings (SSSR count). The Balaban J connectivity index is 1.56. The minimum Gasteiger partial charge on any atom is -0.353 e. The van der Waals surface area contributed by atoms with Crippen molar-refractivity contribution >= 4 is 17.7 Å². The van der Waals surface area contributed by atoms with Crippen LogP contribution in [-0.2, 0) is 7.05 Å². The molecule has 1 saturated heterocycles. The Labute approximate surface area is 129 Å². The average molecular weight is 300 g/mol. The molecule has 2 aromatic rings. The number of amides is 2. The average Bonchev–Trinajstić information content (AvgIpc) is 2.86. The van der Waals surface area contributed by atoms with Crippen LogP contribution < -0.4 is 10.2 Å². The van der Waals surface area contributed by atoms with E-state index in [0.717, 1.165) is 24.6 Å². The highest BCUT2D eigenvalue weighted by atomic mass is 16.2. The Morgan fingerprint density at radius 2 is 2.00 bits per heavy atom. The van der Waals surface area contributed by atoms with Crippen LogP contribution in [0.4, 0.5) is 16.4 Å². The van der Waals surface area contributed by atoms with Gasteiger partial charge in [0.1, 0.15) is 5.82 Å². The fraction of sp³-hybridized carbons (Fsp3) is 0.400. The Hall–Kier alpha value is -2.57. The number of carbonyl (C=O) groups is 1. The van der Waals surface area contributed by atoms with Gasteiger partial charge in [0, 0.05) is 51.2 Å². The van der Waals surface area contributed by atoms with Gasteiger partial charge in [-0.1, -0.05) is 6.07 Å². The molecular formula is C15H20N6O. The molecule has 7 nitrogen and oxygen atoms in total. The summed E-state index contributed by atoms with van der Waals surface area (Å²) in [6, 6.07) is 7.64. The predicted molar refractivity (Wildman–Crippen MR) is 85.0 cm³/mol. The minimum atomic E-state index is -0.0984. The van der Waals surface area contributed by atoms with E-state index in [4.69, 9.17) is 0 Å². The van der Waals surface area contributed by atoms with Crippen molar-refractivity contribution < 1.29 is 4.79 Å². The van der Waals surface area contributed by atoms with E-state index in [1.165, 1.54) is 0 Å². The number of hydrogen-bond acceptors (Lipinski definition) is 4. The summed E-state index contributed by atoms with van der Waals surface area (Å²) in [7, 11) is 1.86. The second-order valence-electron chi connectivity index (χ2n) is 5.39. The highest BCUT2D eigenvalue weighted by Gasteiger charge is 2.22. The molecule has 0 spiro atoms. The van der Waals surface area contributed by atoms with Gasteiger partial charge in [0.15, 0.2) is 5.82 Å². The molecule has 0 unspecified atom stereocenters. The molecule has 0 aliphatic carbocycles. The van der Waals surface area contributed by atoms with E-state index in [1.807, 2.05) is 43.1 Å². The zero-order valence-corrected chi connectivity index (χ0v) is 12.9. The molecule has 0 radical (unpaired) electrons. The van der Waals surface area contributed by atoms with Crippen molar-refractivity contribution in [3.8, 4) is 0 Å². The van der Waals surface area contributed by atoms with Crippen LogP contribution >= 0.6 is 0 Å². The number of carbonyl (C=O) groups excluding carboxylic acids is 1. The summed E-state index contributed by atoms with van der Waals surface area (Å²) in [5.74, 6) is 1.56. The van der Waals surface area contributed by atoms with Gasteiger partial charge in [-0.3, -0.25) is 10.00 Å². The third-order valence-electron chi connectivity index (χ3n) is 3.89. The summed E-state index contributed by atoms with van der Waals surface area (Å²) < 4.78 is 1.74. The van der Waals surface area contributed by atoms with E-state index >= 15 is 0 Å². The summed E-state index contributed by atoms with van der Waals surface area (Å²) in [5.41, 5.74) is 1.01. The fourth-order valence-electron chi connectivity index (χ4n) is 2.49. The van der Waals surface area contributed by atoms with E-state index in [1.54, 1.807) is 10.9 Å². The molecule has 2 aromatic heterocycles. The summed E-state index contributed by atoms with van der Waals surface area (Å²) in [4.78, 5) is 20.6. The summed E-state index contributed by atoms with van der Waals surface area (Å²) in [6.07, 6.45) is 1.79. The van der Waals surface area contributed by atoms with Crippen molar-refractivity contribution in [3.05, 3.63) is 36.2 Å². The number of rotatable bonds is 2. The van der Waals surface area contributed by atoms with Crippen LogP contribution in [0.25, 0.3) is 0 Å². The molecule has 7 heteroatoms. The predicted octanol–water partition coefficient (Wildman–Crippen LogP) is 1.48. The first-order valence-corrected chi connectivity index (χ1v) is 7.36. The largest absolute Gasteiger partial charge is 0.353 e. The first kappa shape index (κ1) is 14.4. The number of nitrogens with one attached hydrogen (secondary N) is 1. The van der Waals surface area contributed by atoms with Crippen LogP contribution in [0.2, 0.25) is 0 Å². The van der Waals surface area contributed by atoms with Crippen LogP contribution in [0, 0.1) is 6.92 Å². The second-order valence-corrected chi connectivity index (χ2v) is 5.39. The molecule has 1 N–H and O–H groups in total. The second kappa shape index (κ2) is 6.05. The number of piperazine rings is 1. The van der Waals surface area contributed by atoms with Crippen LogP contribution in [0.5, 0.6) is 0 Å². The van der Waals surface area contributed by atoms with E-state index in [-0.39, 0.29) is 6.03 Å². The molecule has 1 aliphatic heterocycles. The molecule has 3 heterocycles. The molecule has 0 bridgehead atoms. The SMILES string of the molecule is Cc1cc(NC(=O)N2CCN(c3ccccn3)CC2)nn1C. The number of nitrogens with zero attached hydrogens (tertiary/aromatic N) is 5. The van der Waals surface area contributed by atoms with Crippen molar-refractivity contribution in [3.63, 3.8) is 0 Å². The van der Waals surface area contributed by atoms with Crippen molar-refractivity contribution in [2.75, 3.05) is 36.4 Å². The monoisotopic (exact) mass is 300 g/mol. The Kier molecular flexibility index (Phi) is 3.95. The van der Waals surface area contributed by atoms with Gasteiger partial charge < -0.3 is 9.80 Å². The summed E-state index contributed by atoms with van der Waals surface area (Å²) in [6.45, 7) is 4.87. The van der Waals surface area contributed by atoms with Crippen molar-refractivity contribution in [1.82, 2.24) is 19.7 Å². The molecule has 1 fully saturated rings. The number of hydrogen-bond donors (Lipinski definition) is 1. The quantitative estimate of drug-likeness (QED) is 0.912. The summed E-state index contributed by atoms with van der Waals surface area (Å²) in [5, 5.41) is 7.09. The lowest BCUT2D eigenvalue weighted by Crippen LogP contribution is -2.50. The van der Waals surface area contributed by atoms with Crippen LogP contribution in [-0.4, -0.2) is 51.9 Å². The van der Waals surface area contributed by atoms with E-state index in [9.17, 15) is 4.79 Å². The zero-order chi connectivity index (χ0) is 15.5. The fourth-order valence-corrected chi connectivity index (χ4v) is 2.49. The molecule has 2 amide bonds. The number of urea groups is 1. The Morgan fingerprint density at radius 3 is 2.59 bits per heavy atom. The highest BCUT2D eigenvalue weighted by Crippen LogP contribution is 2.14. The molecule has 1 aliphatic rings. The van der Waals surface area contributed by atoms with Crippen LogP contribution in [0.15, 0.2) is 30.5 Å². The normalized spacial score (nSPS) is 15.0. The van der Waals surface area contributed by atoms with Gasteiger partial charge in [0.2, 0.25) is 0 Å². The lowest BCUT2D eigenvalue weighted by molar-refractivity contribution is 0.208. The van der Waals surface area contributed by atoms with Gasteiger partial charge in [-0.2, -0.15) is 5.10 Å². The van der Waals surface area contributed by atoms with Gasteiger partial charge in [-0.15, -0.1) is 0 Å². The first-order valence-electron chi connectivity index (χ1n) is 7.36. The van der Waals surface area contributed by atoms with E-state index < -0.39 is 0 Å². The Bertz CT molecular complexity index is 626. The number of anilines is 2. The third kappa shape index (κ3) is 3.03. The molecule has 0 atom stereocenters. The molecular weight excluding hydrogens is 280 g/mol. The molecule has 116 valence electrons. The van der Waals surface area contributed by atoms with Gasteiger partial charge in [0.25, 0.3) is 0 Å². The molecule has 0 aromatic carbocycles. The maximum absolute atomic E-state index is 12.3. The van der Waals surface area contributed by atoms with Gasteiger partial charge in [0.05, 0.1) is 0 Å². The van der Waals surface area contributed by atoms with Crippen molar-refractivity contribution in [1.29, 1.82) is 0 Å². The molecule has 22 heavy (non-hydrogen) atoms.